The largest absolute Gasteiger partial charge is 0.401 e. The molecule has 1 rings (SSSR count). The highest BCUT2D eigenvalue weighted by molar-refractivity contribution is 7.72. The lowest BCUT2D eigenvalue weighted by Gasteiger charge is -2.18. The Morgan fingerprint density at radius 1 is 0.957 bits per heavy atom. The molecule has 130 valence electrons. The summed E-state index contributed by atoms with van der Waals surface area (Å²) in [6, 6.07) is 7.11. The lowest BCUT2D eigenvalue weighted by atomic mass is 10.1. The third-order valence-electron chi connectivity index (χ3n) is 3.64. The number of carbonyl (C=O) groups excluding carboxylic acids is 1. The van der Waals surface area contributed by atoms with Crippen LogP contribution in [0.15, 0.2) is 24.3 Å². The van der Waals surface area contributed by atoms with E-state index >= 15 is 0 Å². The molecule has 0 N–H and O–H groups in total. The van der Waals surface area contributed by atoms with E-state index in [4.69, 9.17) is 9.05 Å². The normalized spacial score (nSPS) is 11.6. The minimum atomic E-state index is -3.78. The molecular weight excluding hydrogens is 311 g/mol. The fourth-order valence-electron chi connectivity index (χ4n) is 2.19. The van der Waals surface area contributed by atoms with Crippen LogP contribution >= 0.6 is 7.60 Å². The molecule has 0 aromatic heterocycles. The number of unbranched alkanes of at least 4 members (excludes halogenated alkanes) is 4. The van der Waals surface area contributed by atoms with Crippen LogP contribution in [0.3, 0.4) is 0 Å². The van der Waals surface area contributed by atoms with Crippen molar-refractivity contribution in [1.82, 2.24) is 0 Å². The number of rotatable bonds is 12. The van der Waals surface area contributed by atoms with Crippen molar-refractivity contribution in [2.45, 2.75) is 59.3 Å². The Morgan fingerprint density at radius 2 is 1.48 bits per heavy atom. The molecule has 0 amide bonds. The molecule has 0 atom stereocenters. The second-order valence-corrected chi connectivity index (χ2v) is 7.62. The van der Waals surface area contributed by atoms with Crippen molar-refractivity contribution in [2.24, 2.45) is 0 Å². The van der Waals surface area contributed by atoms with Crippen molar-refractivity contribution < 1.29 is 18.4 Å². The van der Waals surface area contributed by atoms with Crippen LogP contribution in [-0.2, 0) is 13.6 Å². The van der Waals surface area contributed by atoms with E-state index in [1.807, 2.05) is 19.1 Å². The predicted octanol–water partition coefficient (Wildman–Crippen LogP) is 5.74. The van der Waals surface area contributed by atoms with Crippen LogP contribution in [0.1, 0.15) is 68.3 Å². The second kappa shape index (κ2) is 10.7. The van der Waals surface area contributed by atoms with Gasteiger partial charge in [0.2, 0.25) is 0 Å². The van der Waals surface area contributed by atoms with Gasteiger partial charge in [0.15, 0.2) is 0 Å². The molecule has 0 unspecified atom stereocenters. The summed E-state index contributed by atoms with van der Waals surface area (Å²) in [7, 11) is -3.78. The van der Waals surface area contributed by atoms with Crippen LogP contribution in [0.5, 0.6) is 0 Å². The summed E-state index contributed by atoms with van der Waals surface area (Å²) in [5.74, 6) is 0. The SMILES string of the molecule is CCCCCOP(=O)(OCCCCC)C(=O)c1ccccc1C. The van der Waals surface area contributed by atoms with Gasteiger partial charge in [-0.3, -0.25) is 9.36 Å². The summed E-state index contributed by atoms with van der Waals surface area (Å²) in [6.45, 7) is 6.57. The van der Waals surface area contributed by atoms with Crippen LogP contribution in [0.4, 0.5) is 0 Å². The van der Waals surface area contributed by atoms with E-state index < -0.39 is 13.1 Å². The molecule has 0 saturated carbocycles. The van der Waals surface area contributed by atoms with Gasteiger partial charge in [-0.05, 0) is 25.3 Å². The number of hydrogen-bond acceptors (Lipinski definition) is 4. The van der Waals surface area contributed by atoms with Gasteiger partial charge in [0.25, 0.3) is 5.52 Å². The summed E-state index contributed by atoms with van der Waals surface area (Å²) in [5.41, 5.74) is 0.678. The van der Waals surface area contributed by atoms with Gasteiger partial charge in [0, 0.05) is 5.56 Å². The smallest absolute Gasteiger partial charge is 0.303 e. The maximum Gasteiger partial charge on any atom is 0.401 e. The highest BCUT2D eigenvalue weighted by atomic mass is 31.2. The second-order valence-electron chi connectivity index (χ2n) is 5.70. The number of hydrogen-bond donors (Lipinski definition) is 0. The molecule has 0 aliphatic heterocycles. The monoisotopic (exact) mass is 340 g/mol. The van der Waals surface area contributed by atoms with Gasteiger partial charge in [-0.15, -0.1) is 0 Å². The Bertz CT molecular complexity index is 512. The van der Waals surface area contributed by atoms with Crippen molar-refractivity contribution in [1.29, 1.82) is 0 Å². The van der Waals surface area contributed by atoms with Gasteiger partial charge in [-0.2, -0.15) is 0 Å². The Morgan fingerprint density at radius 3 is 1.96 bits per heavy atom. The number of benzene rings is 1. The van der Waals surface area contributed by atoms with Crippen LogP contribution in [0.2, 0.25) is 0 Å². The van der Waals surface area contributed by atoms with Gasteiger partial charge >= 0.3 is 7.60 Å². The Labute approximate surface area is 140 Å². The van der Waals surface area contributed by atoms with Crippen molar-refractivity contribution in [3.63, 3.8) is 0 Å². The van der Waals surface area contributed by atoms with Crippen LogP contribution < -0.4 is 0 Å². The standard InChI is InChI=1S/C18H29O4P/c1-4-6-10-14-21-23(20,22-15-11-7-5-2)18(19)17-13-9-8-12-16(17)3/h8-9,12-13H,4-7,10-11,14-15H2,1-3H3. The fourth-order valence-corrected chi connectivity index (χ4v) is 3.78. The molecule has 0 spiro atoms. The summed E-state index contributed by atoms with van der Waals surface area (Å²) in [4.78, 5) is 12.7. The Hall–Kier alpha value is -0.960. The van der Waals surface area contributed by atoms with Crippen molar-refractivity contribution in [2.75, 3.05) is 13.2 Å². The maximum atomic E-state index is 13.0. The molecule has 1 aromatic carbocycles. The average molecular weight is 340 g/mol. The van der Waals surface area contributed by atoms with Gasteiger partial charge in [0.05, 0.1) is 13.2 Å². The van der Waals surface area contributed by atoms with Crippen LogP contribution in [0.25, 0.3) is 0 Å². The first-order valence-electron chi connectivity index (χ1n) is 8.54. The first kappa shape index (κ1) is 20.1. The summed E-state index contributed by atoms with van der Waals surface area (Å²) in [5, 5.41) is 0. The minimum Gasteiger partial charge on any atom is -0.303 e. The summed E-state index contributed by atoms with van der Waals surface area (Å²) >= 11 is 0. The highest BCUT2D eigenvalue weighted by Crippen LogP contribution is 2.52. The fraction of sp³-hybridized carbons (Fsp3) is 0.611. The molecule has 5 heteroatoms. The lowest BCUT2D eigenvalue weighted by molar-refractivity contribution is 0.0990. The third kappa shape index (κ3) is 6.58. The van der Waals surface area contributed by atoms with Crippen molar-refractivity contribution in [3.8, 4) is 0 Å². The summed E-state index contributed by atoms with van der Waals surface area (Å²) < 4.78 is 23.9. The van der Waals surface area contributed by atoms with E-state index in [9.17, 15) is 9.36 Å². The van der Waals surface area contributed by atoms with Crippen molar-refractivity contribution in [3.05, 3.63) is 35.4 Å². The zero-order chi connectivity index (χ0) is 17.1. The van der Waals surface area contributed by atoms with Gasteiger partial charge in [0.1, 0.15) is 0 Å². The molecule has 0 bridgehead atoms. The zero-order valence-corrected chi connectivity index (χ0v) is 15.4. The topological polar surface area (TPSA) is 52.6 Å². The first-order valence-corrected chi connectivity index (χ1v) is 10.1. The quantitative estimate of drug-likeness (QED) is 0.359. The van der Waals surface area contributed by atoms with Gasteiger partial charge < -0.3 is 9.05 Å². The number of carbonyl (C=O) groups is 1. The number of aryl methyl sites for hydroxylation is 1. The van der Waals surface area contributed by atoms with E-state index in [-0.39, 0.29) is 13.2 Å². The minimum absolute atomic E-state index is 0.288. The van der Waals surface area contributed by atoms with E-state index in [2.05, 4.69) is 13.8 Å². The predicted molar refractivity (Wildman–Crippen MR) is 94.1 cm³/mol. The molecule has 23 heavy (non-hydrogen) atoms. The molecule has 0 radical (unpaired) electrons. The molecule has 4 nitrogen and oxygen atoms in total. The van der Waals surface area contributed by atoms with E-state index in [1.165, 1.54) is 0 Å². The van der Waals surface area contributed by atoms with E-state index in [0.29, 0.717) is 5.56 Å². The van der Waals surface area contributed by atoms with Crippen LogP contribution in [-0.4, -0.2) is 18.7 Å². The Kier molecular flexibility index (Phi) is 9.39. The van der Waals surface area contributed by atoms with Gasteiger partial charge in [-0.25, -0.2) is 0 Å². The summed E-state index contributed by atoms with van der Waals surface area (Å²) in [6.07, 6.45) is 5.59. The molecule has 0 aliphatic carbocycles. The highest BCUT2D eigenvalue weighted by Gasteiger charge is 2.36. The maximum absolute atomic E-state index is 13.0. The third-order valence-corrected chi connectivity index (χ3v) is 5.43. The Balaban J connectivity index is 2.82. The van der Waals surface area contributed by atoms with Crippen molar-refractivity contribution >= 4 is 13.1 Å². The average Bonchev–Trinajstić information content (AvgIpc) is 2.55. The molecule has 0 fully saturated rings. The molecule has 1 aromatic rings. The molecule has 0 saturated heterocycles. The molecular formula is C18H29O4P. The van der Waals surface area contributed by atoms with E-state index in [1.54, 1.807) is 12.1 Å². The van der Waals surface area contributed by atoms with E-state index in [0.717, 1.165) is 44.1 Å². The zero-order valence-electron chi connectivity index (χ0n) is 14.5. The van der Waals surface area contributed by atoms with Crippen LogP contribution in [0, 0.1) is 6.92 Å². The lowest BCUT2D eigenvalue weighted by Crippen LogP contribution is -2.10. The molecule has 0 aliphatic rings. The molecule has 0 heterocycles. The first-order chi connectivity index (χ1) is 11.0. The van der Waals surface area contributed by atoms with Gasteiger partial charge in [-0.1, -0.05) is 63.8 Å².